The predicted octanol–water partition coefficient (Wildman–Crippen LogP) is 4.12. The summed E-state index contributed by atoms with van der Waals surface area (Å²) in [7, 11) is 0. The van der Waals surface area contributed by atoms with Crippen LogP contribution in [0.1, 0.15) is 12.5 Å². The average molecular weight is 255 g/mol. The summed E-state index contributed by atoms with van der Waals surface area (Å²) in [5.74, 6) is 1.38. The molecule has 0 spiro atoms. The fourth-order valence-electron chi connectivity index (χ4n) is 1.59. The molecule has 2 aromatic carbocycles. The predicted molar refractivity (Wildman–Crippen MR) is 73.6 cm³/mol. The number of nitro groups is 1. The molecule has 0 aliphatic rings. The van der Waals surface area contributed by atoms with Crippen LogP contribution in [-0.2, 0) is 0 Å². The van der Waals surface area contributed by atoms with E-state index in [1.54, 1.807) is 18.2 Å². The van der Waals surface area contributed by atoms with Crippen LogP contribution in [0.2, 0.25) is 0 Å². The summed E-state index contributed by atoms with van der Waals surface area (Å²) in [5.41, 5.74) is 0.833. The molecule has 2 rings (SSSR count). The average Bonchev–Trinajstić information content (AvgIpc) is 2.40. The Bertz CT molecular complexity index is 606. The maximum Gasteiger partial charge on any atom is 0.243 e. The summed E-state index contributed by atoms with van der Waals surface area (Å²) in [4.78, 5) is 10.2. The van der Waals surface area contributed by atoms with E-state index in [1.807, 2.05) is 36.4 Å². The Morgan fingerprint density at radius 2 is 1.79 bits per heavy atom. The van der Waals surface area contributed by atoms with E-state index in [4.69, 9.17) is 4.74 Å². The molecule has 0 heterocycles. The van der Waals surface area contributed by atoms with Gasteiger partial charge in [0.05, 0.1) is 4.92 Å². The van der Waals surface area contributed by atoms with Crippen molar-refractivity contribution in [2.75, 3.05) is 0 Å². The van der Waals surface area contributed by atoms with Gasteiger partial charge in [0, 0.05) is 13.0 Å². The van der Waals surface area contributed by atoms with Crippen LogP contribution in [0, 0.1) is 10.1 Å². The standard InChI is InChI=1S/C15H13NO3/c1-12(16(17)18)10-13-6-5-9-15(11-13)19-14-7-3-2-4-8-14/h2-11H,1H3/b12-10+. The molecule has 0 radical (unpaired) electrons. The summed E-state index contributed by atoms with van der Waals surface area (Å²) in [5, 5.41) is 10.6. The van der Waals surface area contributed by atoms with Crippen LogP contribution in [0.3, 0.4) is 0 Å². The first-order chi connectivity index (χ1) is 9.15. The van der Waals surface area contributed by atoms with E-state index in [2.05, 4.69) is 0 Å². The van der Waals surface area contributed by atoms with Gasteiger partial charge in [-0.15, -0.1) is 0 Å². The fraction of sp³-hybridized carbons (Fsp3) is 0.0667. The first-order valence-corrected chi connectivity index (χ1v) is 5.81. The van der Waals surface area contributed by atoms with Gasteiger partial charge in [-0.05, 0) is 29.8 Å². The largest absolute Gasteiger partial charge is 0.457 e. The van der Waals surface area contributed by atoms with E-state index < -0.39 is 4.92 Å². The third-order valence-corrected chi connectivity index (χ3v) is 2.50. The second kappa shape index (κ2) is 5.82. The lowest BCUT2D eigenvalue weighted by Crippen LogP contribution is -1.93. The van der Waals surface area contributed by atoms with Crippen molar-refractivity contribution < 1.29 is 9.66 Å². The van der Waals surface area contributed by atoms with Crippen LogP contribution >= 0.6 is 0 Å². The van der Waals surface area contributed by atoms with Crippen LogP contribution < -0.4 is 4.74 Å². The molecule has 0 fully saturated rings. The van der Waals surface area contributed by atoms with Crippen LogP contribution in [0.15, 0.2) is 60.3 Å². The maximum absolute atomic E-state index is 10.6. The van der Waals surface area contributed by atoms with Crippen molar-refractivity contribution in [3.8, 4) is 11.5 Å². The SMILES string of the molecule is C/C(=C\c1cccc(Oc2ccccc2)c1)[N+](=O)[O-]. The number of hydrogen-bond acceptors (Lipinski definition) is 3. The Morgan fingerprint density at radius 1 is 1.11 bits per heavy atom. The number of allylic oxidation sites excluding steroid dienone is 1. The van der Waals surface area contributed by atoms with E-state index >= 15 is 0 Å². The van der Waals surface area contributed by atoms with E-state index in [0.717, 1.165) is 11.3 Å². The van der Waals surface area contributed by atoms with Gasteiger partial charge in [0.15, 0.2) is 0 Å². The van der Waals surface area contributed by atoms with Gasteiger partial charge in [-0.2, -0.15) is 0 Å². The lowest BCUT2D eigenvalue weighted by atomic mass is 10.2. The lowest BCUT2D eigenvalue weighted by molar-refractivity contribution is -0.422. The molecule has 4 nitrogen and oxygen atoms in total. The highest BCUT2D eigenvalue weighted by atomic mass is 16.6. The number of ether oxygens (including phenoxy) is 1. The highest BCUT2D eigenvalue weighted by molar-refractivity contribution is 5.53. The Balaban J connectivity index is 2.20. The lowest BCUT2D eigenvalue weighted by Gasteiger charge is -2.05. The summed E-state index contributed by atoms with van der Waals surface area (Å²) >= 11 is 0. The quantitative estimate of drug-likeness (QED) is 0.610. The van der Waals surface area contributed by atoms with E-state index in [9.17, 15) is 10.1 Å². The summed E-state index contributed by atoms with van der Waals surface area (Å²) in [6.45, 7) is 1.46. The van der Waals surface area contributed by atoms with Crippen LogP contribution in [0.4, 0.5) is 0 Å². The second-order valence-corrected chi connectivity index (χ2v) is 4.03. The first-order valence-electron chi connectivity index (χ1n) is 5.81. The zero-order valence-corrected chi connectivity index (χ0v) is 10.4. The normalized spacial score (nSPS) is 11.1. The molecule has 0 amide bonds. The smallest absolute Gasteiger partial charge is 0.243 e. The topological polar surface area (TPSA) is 52.4 Å². The van der Waals surface area contributed by atoms with E-state index in [1.165, 1.54) is 13.0 Å². The molecule has 96 valence electrons. The van der Waals surface area contributed by atoms with Crippen molar-refractivity contribution in [3.05, 3.63) is 76.0 Å². The fourth-order valence-corrected chi connectivity index (χ4v) is 1.59. The first kappa shape index (κ1) is 12.8. The summed E-state index contributed by atoms with van der Waals surface area (Å²) in [6.07, 6.45) is 1.51. The van der Waals surface area contributed by atoms with Gasteiger partial charge in [0.1, 0.15) is 11.5 Å². The number of benzene rings is 2. The molecule has 0 aliphatic heterocycles. The van der Waals surface area contributed by atoms with Crippen molar-refractivity contribution in [2.45, 2.75) is 6.92 Å². The van der Waals surface area contributed by atoms with Gasteiger partial charge < -0.3 is 4.74 Å². The van der Waals surface area contributed by atoms with Gasteiger partial charge in [-0.25, -0.2) is 0 Å². The molecule has 4 heteroatoms. The van der Waals surface area contributed by atoms with Crippen molar-refractivity contribution in [1.82, 2.24) is 0 Å². The summed E-state index contributed by atoms with van der Waals surface area (Å²) in [6, 6.07) is 16.6. The maximum atomic E-state index is 10.6. The Kier molecular flexibility index (Phi) is 3.93. The molecule has 2 aromatic rings. The zero-order chi connectivity index (χ0) is 13.7. The van der Waals surface area contributed by atoms with Crippen LogP contribution in [0.25, 0.3) is 6.08 Å². The molecule has 0 bridgehead atoms. The second-order valence-electron chi connectivity index (χ2n) is 4.03. The van der Waals surface area contributed by atoms with Gasteiger partial charge in [-0.3, -0.25) is 10.1 Å². The van der Waals surface area contributed by atoms with Gasteiger partial charge >= 0.3 is 0 Å². The van der Waals surface area contributed by atoms with E-state index in [-0.39, 0.29) is 5.70 Å². The summed E-state index contributed by atoms with van der Waals surface area (Å²) < 4.78 is 5.66. The van der Waals surface area contributed by atoms with Crippen LogP contribution in [-0.4, -0.2) is 4.92 Å². The van der Waals surface area contributed by atoms with Gasteiger partial charge in [0.2, 0.25) is 5.70 Å². The molecule has 0 saturated heterocycles. The third kappa shape index (κ3) is 3.67. The number of para-hydroxylation sites is 1. The van der Waals surface area contributed by atoms with Gasteiger partial charge in [-0.1, -0.05) is 30.3 Å². The Labute approximate surface area is 111 Å². The molecule has 0 N–H and O–H groups in total. The molecule has 0 atom stereocenters. The Morgan fingerprint density at radius 3 is 2.47 bits per heavy atom. The van der Waals surface area contributed by atoms with Crippen molar-refractivity contribution in [1.29, 1.82) is 0 Å². The number of nitrogens with zero attached hydrogens (tertiary/aromatic N) is 1. The van der Waals surface area contributed by atoms with Crippen molar-refractivity contribution >= 4 is 6.08 Å². The van der Waals surface area contributed by atoms with E-state index in [0.29, 0.717) is 5.75 Å². The molecule has 0 saturated carbocycles. The monoisotopic (exact) mass is 255 g/mol. The Hall–Kier alpha value is -2.62. The molecular weight excluding hydrogens is 242 g/mol. The minimum atomic E-state index is -0.412. The zero-order valence-electron chi connectivity index (χ0n) is 10.4. The number of hydrogen-bond donors (Lipinski definition) is 0. The van der Waals surface area contributed by atoms with Crippen LogP contribution in [0.5, 0.6) is 11.5 Å². The van der Waals surface area contributed by atoms with Crippen molar-refractivity contribution in [2.24, 2.45) is 0 Å². The molecule has 0 unspecified atom stereocenters. The molecular formula is C15H13NO3. The van der Waals surface area contributed by atoms with Gasteiger partial charge in [0.25, 0.3) is 0 Å². The highest BCUT2D eigenvalue weighted by Gasteiger charge is 2.03. The minimum Gasteiger partial charge on any atom is -0.457 e. The highest BCUT2D eigenvalue weighted by Crippen LogP contribution is 2.22. The minimum absolute atomic E-state index is 0.0943. The third-order valence-electron chi connectivity index (χ3n) is 2.50. The van der Waals surface area contributed by atoms with Crippen molar-refractivity contribution in [3.63, 3.8) is 0 Å². The molecule has 0 aromatic heterocycles. The molecule has 0 aliphatic carbocycles. The molecule has 19 heavy (non-hydrogen) atoms. The number of rotatable bonds is 4.